The Morgan fingerprint density at radius 1 is 1.54 bits per heavy atom. The van der Waals surface area contributed by atoms with Crippen LogP contribution in [-0.2, 0) is 19.1 Å². The number of esters is 1. The Hall–Kier alpha value is -1.90. The Bertz CT molecular complexity index is 633. The molecule has 0 bridgehead atoms. The lowest BCUT2D eigenvalue weighted by Gasteiger charge is -2.30. The van der Waals surface area contributed by atoms with E-state index >= 15 is 0 Å². The molecule has 2 N–H and O–H groups in total. The van der Waals surface area contributed by atoms with Crippen LogP contribution in [0.1, 0.15) is 12.8 Å². The van der Waals surface area contributed by atoms with Gasteiger partial charge >= 0.3 is 11.9 Å². The van der Waals surface area contributed by atoms with Crippen molar-refractivity contribution in [3.8, 4) is 0 Å². The molecule has 0 saturated carbocycles. The molecule has 130 valence electrons. The highest BCUT2D eigenvalue weighted by Crippen LogP contribution is 2.32. The number of aliphatic carboxylic acids is 1. The number of hydrogen-bond donors (Lipinski definition) is 2. The highest BCUT2D eigenvalue weighted by molar-refractivity contribution is 6.19. The monoisotopic (exact) mass is 355 g/mol. The molecule has 0 aromatic carbocycles. The minimum Gasteiger partial charge on any atom is -0.480 e. The number of amidine groups is 1. The van der Waals surface area contributed by atoms with Gasteiger partial charge in [-0.3, -0.25) is 15.1 Å². The molecule has 4 atom stereocenters. The number of nitrogens with zero attached hydrogens (tertiary/aromatic N) is 2. The summed E-state index contributed by atoms with van der Waals surface area (Å²) in [5, 5.41) is 11.9. The van der Waals surface area contributed by atoms with Gasteiger partial charge in [0.05, 0.1) is 25.3 Å². The summed E-state index contributed by atoms with van der Waals surface area (Å²) in [6.45, 7) is -0.209. The Balaban J connectivity index is 1.83. The van der Waals surface area contributed by atoms with Gasteiger partial charge in [-0.2, -0.15) is 0 Å². The van der Waals surface area contributed by atoms with Crippen molar-refractivity contribution in [2.75, 3.05) is 13.7 Å². The zero-order valence-electron chi connectivity index (χ0n) is 13.0. The van der Waals surface area contributed by atoms with Crippen LogP contribution in [0.25, 0.3) is 0 Å². The van der Waals surface area contributed by atoms with Gasteiger partial charge in [0.1, 0.15) is 23.6 Å². The Kier molecular flexibility index (Phi) is 4.88. The van der Waals surface area contributed by atoms with Gasteiger partial charge in [0.2, 0.25) is 0 Å². The maximum absolute atomic E-state index is 11.7. The summed E-state index contributed by atoms with van der Waals surface area (Å²) in [5.74, 6) is -0.853. The molecule has 0 spiro atoms. The molecule has 4 unspecified atom stereocenters. The van der Waals surface area contributed by atoms with Crippen LogP contribution >= 0.6 is 11.6 Å². The summed E-state index contributed by atoms with van der Waals surface area (Å²) in [5.41, 5.74) is 0.0253. The highest BCUT2D eigenvalue weighted by Gasteiger charge is 2.43. The predicted molar refractivity (Wildman–Crippen MR) is 85.5 cm³/mol. The zero-order valence-corrected chi connectivity index (χ0v) is 13.8. The standard InChI is InChI=1S/C15H18ClN3O5/c1-23-15(22)8-4-5-19-11(6-8)18-13(9-2-3-10(16)24-9)14(19)17-7-12(20)21/h4-6,9-10,13-14,17H,2-3,7H2,1H3,(H,20,21). The molecule has 1 fully saturated rings. The molecule has 8 nitrogen and oxygen atoms in total. The first kappa shape index (κ1) is 16.9. The number of nitrogens with one attached hydrogen (secondary N) is 1. The average molecular weight is 356 g/mol. The van der Waals surface area contributed by atoms with E-state index in [1.165, 1.54) is 7.11 Å². The van der Waals surface area contributed by atoms with Gasteiger partial charge in [-0.25, -0.2) is 4.79 Å². The molecule has 1 saturated heterocycles. The number of carbonyl (C=O) groups excluding carboxylic acids is 1. The lowest BCUT2D eigenvalue weighted by atomic mass is 10.1. The number of methoxy groups -OCH3 is 1. The molecule has 24 heavy (non-hydrogen) atoms. The molecular weight excluding hydrogens is 338 g/mol. The number of alkyl halides is 1. The second kappa shape index (κ2) is 6.92. The third-order valence-electron chi connectivity index (χ3n) is 4.13. The number of halogens is 1. The van der Waals surface area contributed by atoms with E-state index in [2.05, 4.69) is 10.3 Å². The smallest absolute Gasteiger partial charge is 0.338 e. The fourth-order valence-electron chi connectivity index (χ4n) is 3.04. The van der Waals surface area contributed by atoms with Crippen molar-refractivity contribution >= 4 is 29.4 Å². The number of fused-ring (bicyclic) bond motifs is 1. The van der Waals surface area contributed by atoms with Crippen molar-refractivity contribution in [2.24, 2.45) is 4.99 Å². The first-order valence-corrected chi connectivity index (χ1v) is 8.02. The molecule has 0 aromatic rings. The fourth-order valence-corrected chi connectivity index (χ4v) is 3.30. The molecular formula is C15H18ClN3O5. The van der Waals surface area contributed by atoms with Crippen molar-refractivity contribution in [2.45, 2.75) is 36.7 Å². The number of carboxylic acid groups (broad SMARTS) is 1. The Labute approximate surface area is 143 Å². The molecule has 3 rings (SSSR count). The van der Waals surface area contributed by atoms with Crippen LogP contribution in [0, 0.1) is 0 Å². The van der Waals surface area contributed by atoms with Crippen molar-refractivity contribution < 1.29 is 24.2 Å². The maximum atomic E-state index is 11.7. The van der Waals surface area contributed by atoms with Crippen molar-refractivity contribution in [3.05, 3.63) is 23.9 Å². The largest absolute Gasteiger partial charge is 0.480 e. The molecule has 0 aliphatic carbocycles. The van der Waals surface area contributed by atoms with Crippen molar-refractivity contribution in [1.29, 1.82) is 0 Å². The first-order chi connectivity index (χ1) is 11.5. The van der Waals surface area contributed by atoms with Crippen LogP contribution in [0.3, 0.4) is 0 Å². The van der Waals surface area contributed by atoms with E-state index in [1.54, 1.807) is 23.3 Å². The van der Waals surface area contributed by atoms with Gasteiger partial charge in [0, 0.05) is 6.20 Å². The van der Waals surface area contributed by atoms with Crippen LogP contribution in [0.15, 0.2) is 28.9 Å². The number of ether oxygens (including phenoxy) is 2. The zero-order chi connectivity index (χ0) is 17.3. The van der Waals surface area contributed by atoms with Crippen molar-refractivity contribution in [1.82, 2.24) is 10.2 Å². The molecule has 0 amide bonds. The summed E-state index contributed by atoms with van der Waals surface area (Å²) >= 11 is 6.01. The maximum Gasteiger partial charge on any atom is 0.338 e. The minimum atomic E-state index is -0.962. The van der Waals surface area contributed by atoms with E-state index < -0.39 is 11.9 Å². The summed E-state index contributed by atoms with van der Waals surface area (Å²) in [7, 11) is 1.31. The normalized spacial score (nSPS) is 31.5. The van der Waals surface area contributed by atoms with Crippen LogP contribution in [0.4, 0.5) is 0 Å². The fraction of sp³-hybridized carbons (Fsp3) is 0.533. The van der Waals surface area contributed by atoms with Crippen LogP contribution < -0.4 is 5.32 Å². The van der Waals surface area contributed by atoms with E-state index in [9.17, 15) is 9.59 Å². The van der Waals surface area contributed by atoms with E-state index in [-0.39, 0.29) is 30.4 Å². The summed E-state index contributed by atoms with van der Waals surface area (Å²) in [6, 6.07) is -0.319. The number of rotatable bonds is 5. The first-order valence-electron chi connectivity index (χ1n) is 7.58. The molecule has 0 radical (unpaired) electrons. The molecule has 3 aliphatic rings. The summed E-state index contributed by atoms with van der Waals surface area (Å²) in [6.07, 6.45) is 5.80. The van der Waals surface area contributed by atoms with E-state index in [0.29, 0.717) is 11.4 Å². The average Bonchev–Trinajstić information content (AvgIpc) is 3.14. The predicted octanol–water partition coefficient (Wildman–Crippen LogP) is 0.440. The molecule has 3 aliphatic heterocycles. The second-order valence-corrected chi connectivity index (χ2v) is 6.16. The summed E-state index contributed by atoms with van der Waals surface area (Å²) < 4.78 is 10.4. The quantitative estimate of drug-likeness (QED) is 0.545. The third-order valence-corrected chi connectivity index (χ3v) is 4.45. The van der Waals surface area contributed by atoms with Crippen LogP contribution in [-0.4, -0.2) is 65.3 Å². The highest BCUT2D eigenvalue weighted by atomic mass is 35.5. The third kappa shape index (κ3) is 3.31. The lowest BCUT2D eigenvalue weighted by molar-refractivity contribution is -0.136. The minimum absolute atomic E-state index is 0.208. The van der Waals surface area contributed by atoms with Gasteiger partial charge in [-0.1, -0.05) is 11.6 Å². The van der Waals surface area contributed by atoms with Gasteiger partial charge < -0.3 is 19.5 Å². The van der Waals surface area contributed by atoms with Gasteiger partial charge in [0.15, 0.2) is 0 Å². The van der Waals surface area contributed by atoms with E-state index in [0.717, 1.165) is 12.8 Å². The number of carboxylic acids is 1. The molecule has 9 heteroatoms. The molecule has 3 heterocycles. The van der Waals surface area contributed by atoms with Gasteiger partial charge in [-0.15, -0.1) is 0 Å². The summed E-state index contributed by atoms with van der Waals surface area (Å²) in [4.78, 5) is 29.0. The Morgan fingerprint density at radius 3 is 2.96 bits per heavy atom. The van der Waals surface area contributed by atoms with Gasteiger partial charge in [0.25, 0.3) is 0 Å². The number of carbonyl (C=O) groups is 2. The molecule has 0 aromatic heterocycles. The SMILES string of the molecule is COC(=O)C1=CC2=NC(C3CCC(Cl)O3)C(NCC(=O)O)N2C=C1. The number of aliphatic imine (C=N–C) groups is 1. The van der Waals surface area contributed by atoms with Gasteiger partial charge in [-0.05, 0) is 25.0 Å². The lowest BCUT2D eigenvalue weighted by Crippen LogP contribution is -2.52. The van der Waals surface area contributed by atoms with Crippen LogP contribution in [0.5, 0.6) is 0 Å². The Morgan fingerprint density at radius 2 is 2.33 bits per heavy atom. The topological polar surface area (TPSA) is 100 Å². The number of hydrogen-bond acceptors (Lipinski definition) is 7. The van der Waals surface area contributed by atoms with Crippen LogP contribution in [0.2, 0.25) is 0 Å². The second-order valence-electron chi connectivity index (χ2n) is 5.67. The van der Waals surface area contributed by atoms with E-state index in [4.69, 9.17) is 26.2 Å². The van der Waals surface area contributed by atoms with E-state index in [1.807, 2.05) is 0 Å². The van der Waals surface area contributed by atoms with Crippen molar-refractivity contribution in [3.63, 3.8) is 0 Å².